The lowest BCUT2D eigenvalue weighted by molar-refractivity contribution is 0.592. The van der Waals surface area contributed by atoms with Crippen LogP contribution in [0.15, 0.2) is 54.9 Å². The minimum Gasteiger partial charge on any atom is -0.398 e. The highest BCUT2D eigenvalue weighted by molar-refractivity contribution is 5.99. The second-order valence-electron chi connectivity index (χ2n) is 6.43. The zero-order valence-corrected chi connectivity index (χ0v) is 12.7. The van der Waals surface area contributed by atoms with Crippen LogP contribution in [0.25, 0.3) is 21.9 Å². The van der Waals surface area contributed by atoms with Gasteiger partial charge in [-0.2, -0.15) is 0 Å². The summed E-state index contributed by atoms with van der Waals surface area (Å²) < 4.78 is 0. The van der Waals surface area contributed by atoms with Crippen molar-refractivity contribution < 1.29 is 0 Å². The maximum atomic E-state index is 6.31. The van der Waals surface area contributed by atoms with E-state index in [9.17, 15) is 0 Å². The van der Waals surface area contributed by atoms with Gasteiger partial charge >= 0.3 is 0 Å². The molecule has 0 saturated heterocycles. The molecule has 2 nitrogen and oxygen atoms in total. The predicted molar refractivity (Wildman–Crippen MR) is 90.3 cm³/mol. The van der Waals surface area contributed by atoms with E-state index in [0.29, 0.717) is 0 Å². The fourth-order valence-electron chi connectivity index (χ4n) is 2.81. The topological polar surface area (TPSA) is 38.9 Å². The van der Waals surface area contributed by atoms with Crippen LogP contribution in [-0.2, 0) is 5.41 Å². The van der Waals surface area contributed by atoms with Gasteiger partial charge in [-0.1, -0.05) is 57.2 Å². The van der Waals surface area contributed by atoms with E-state index < -0.39 is 0 Å². The van der Waals surface area contributed by atoms with Crippen molar-refractivity contribution in [2.24, 2.45) is 0 Å². The molecule has 0 fully saturated rings. The fourth-order valence-corrected chi connectivity index (χ4v) is 2.81. The van der Waals surface area contributed by atoms with E-state index in [0.717, 1.165) is 22.2 Å². The third kappa shape index (κ3) is 2.38. The summed E-state index contributed by atoms with van der Waals surface area (Å²) in [6.45, 7) is 6.64. The molecular formula is C19H20N2. The molecule has 0 radical (unpaired) electrons. The van der Waals surface area contributed by atoms with Crippen LogP contribution in [0.3, 0.4) is 0 Å². The first-order valence-corrected chi connectivity index (χ1v) is 7.20. The van der Waals surface area contributed by atoms with Gasteiger partial charge in [0.1, 0.15) is 0 Å². The fraction of sp³-hybridized carbons (Fsp3) is 0.211. The molecule has 1 aromatic heterocycles. The van der Waals surface area contributed by atoms with Crippen LogP contribution in [0.2, 0.25) is 0 Å². The van der Waals surface area contributed by atoms with E-state index in [1.165, 1.54) is 10.9 Å². The number of nitrogens with two attached hydrogens (primary N) is 1. The number of aromatic nitrogens is 1. The summed E-state index contributed by atoms with van der Waals surface area (Å²) in [5.41, 5.74) is 10.6. The molecule has 0 aliphatic heterocycles. The van der Waals surface area contributed by atoms with Crippen LogP contribution in [0.5, 0.6) is 0 Å². The molecule has 0 atom stereocenters. The van der Waals surface area contributed by atoms with Crippen molar-refractivity contribution in [2.45, 2.75) is 26.2 Å². The van der Waals surface area contributed by atoms with Crippen molar-refractivity contribution in [1.82, 2.24) is 4.98 Å². The Hall–Kier alpha value is -2.35. The van der Waals surface area contributed by atoms with E-state index in [4.69, 9.17) is 5.73 Å². The molecule has 2 heteroatoms. The lowest BCUT2D eigenvalue weighted by Crippen LogP contribution is -2.14. The Morgan fingerprint density at radius 1 is 0.905 bits per heavy atom. The molecule has 0 saturated carbocycles. The standard InChI is InChI=1S/C19H20N2/c1-19(2,3)16-9-6-10-17(20)18(16)15-12-21-11-13-7-4-5-8-14(13)15/h4-12H,20H2,1-3H3. The largest absolute Gasteiger partial charge is 0.398 e. The SMILES string of the molecule is CC(C)(C)c1cccc(N)c1-c1cncc2ccccc12. The molecular weight excluding hydrogens is 256 g/mol. The van der Waals surface area contributed by atoms with Gasteiger partial charge in [0.25, 0.3) is 0 Å². The molecule has 0 unspecified atom stereocenters. The van der Waals surface area contributed by atoms with Crippen LogP contribution in [-0.4, -0.2) is 4.98 Å². The summed E-state index contributed by atoms with van der Waals surface area (Å²) in [5.74, 6) is 0. The first-order chi connectivity index (χ1) is 9.98. The van der Waals surface area contributed by atoms with Crippen molar-refractivity contribution in [3.8, 4) is 11.1 Å². The van der Waals surface area contributed by atoms with Gasteiger partial charge in [-0.15, -0.1) is 0 Å². The monoisotopic (exact) mass is 276 g/mol. The van der Waals surface area contributed by atoms with Crippen LogP contribution < -0.4 is 5.73 Å². The van der Waals surface area contributed by atoms with E-state index in [1.807, 2.05) is 30.6 Å². The number of benzene rings is 2. The molecule has 21 heavy (non-hydrogen) atoms. The number of nitrogen functional groups attached to an aromatic ring is 1. The molecule has 0 amide bonds. The minimum atomic E-state index is 0.0294. The molecule has 1 heterocycles. The summed E-state index contributed by atoms with van der Waals surface area (Å²) in [6.07, 6.45) is 3.82. The Balaban J connectivity index is 2.39. The van der Waals surface area contributed by atoms with E-state index in [-0.39, 0.29) is 5.41 Å². The molecule has 0 aliphatic rings. The van der Waals surface area contributed by atoms with Crippen LogP contribution >= 0.6 is 0 Å². The normalized spacial score (nSPS) is 11.8. The molecule has 2 N–H and O–H groups in total. The van der Waals surface area contributed by atoms with Crippen molar-refractivity contribution in [3.05, 3.63) is 60.4 Å². The second kappa shape index (κ2) is 4.88. The van der Waals surface area contributed by atoms with Crippen LogP contribution in [0.1, 0.15) is 26.3 Å². The lowest BCUT2D eigenvalue weighted by atomic mass is 9.80. The number of hydrogen-bond donors (Lipinski definition) is 1. The Labute approximate surface area is 125 Å². The zero-order chi connectivity index (χ0) is 15.0. The third-order valence-corrected chi connectivity index (χ3v) is 3.84. The second-order valence-corrected chi connectivity index (χ2v) is 6.43. The predicted octanol–water partition coefficient (Wildman–Crippen LogP) is 4.78. The van der Waals surface area contributed by atoms with Crippen molar-refractivity contribution in [1.29, 1.82) is 0 Å². The number of nitrogens with zero attached hydrogens (tertiary/aromatic N) is 1. The van der Waals surface area contributed by atoms with E-state index in [1.54, 1.807) is 0 Å². The van der Waals surface area contributed by atoms with Gasteiger partial charge in [-0.05, 0) is 22.4 Å². The van der Waals surface area contributed by atoms with Crippen molar-refractivity contribution >= 4 is 16.5 Å². The van der Waals surface area contributed by atoms with Crippen molar-refractivity contribution in [2.75, 3.05) is 5.73 Å². The van der Waals surface area contributed by atoms with E-state index in [2.05, 4.69) is 50.0 Å². The highest BCUT2D eigenvalue weighted by Gasteiger charge is 2.21. The summed E-state index contributed by atoms with van der Waals surface area (Å²) in [4.78, 5) is 4.40. The highest BCUT2D eigenvalue weighted by Crippen LogP contribution is 2.39. The number of hydrogen-bond acceptors (Lipinski definition) is 2. The van der Waals surface area contributed by atoms with Crippen LogP contribution in [0.4, 0.5) is 5.69 Å². The average Bonchev–Trinajstić information content (AvgIpc) is 2.46. The van der Waals surface area contributed by atoms with Crippen LogP contribution in [0, 0.1) is 0 Å². The summed E-state index contributed by atoms with van der Waals surface area (Å²) in [5, 5.41) is 2.33. The average molecular weight is 276 g/mol. The Kier molecular flexibility index (Phi) is 3.17. The molecule has 2 aromatic carbocycles. The Morgan fingerprint density at radius 3 is 2.43 bits per heavy atom. The molecule has 106 valence electrons. The maximum absolute atomic E-state index is 6.31. The molecule has 3 rings (SSSR count). The summed E-state index contributed by atoms with van der Waals surface area (Å²) in [7, 11) is 0. The highest BCUT2D eigenvalue weighted by atomic mass is 14.6. The van der Waals surface area contributed by atoms with Gasteiger partial charge in [0.05, 0.1) is 0 Å². The van der Waals surface area contributed by atoms with Gasteiger partial charge in [0.2, 0.25) is 0 Å². The minimum absolute atomic E-state index is 0.0294. The maximum Gasteiger partial charge on any atom is 0.0397 e. The number of rotatable bonds is 1. The first-order valence-electron chi connectivity index (χ1n) is 7.20. The van der Waals surface area contributed by atoms with Crippen molar-refractivity contribution in [3.63, 3.8) is 0 Å². The number of fused-ring (bicyclic) bond motifs is 1. The first kappa shape index (κ1) is 13.6. The quantitative estimate of drug-likeness (QED) is 0.649. The Morgan fingerprint density at radius 2 is 1.67 bits per heavy atom. The molecule has 3 aromatic rings. The van der Waals surface area contributed by atoms with Gasteiger partial charge in [-0.3, -0.25) is 4.98 Å². The summed E-state index contributed by atoms with van der Waals surface area (Å²) >= 11 is 0. The third-order valence-electron chi connectivity index (χ3n) is 3.84. The molecule has 0 aliphatic carbocycles. The van der Waals surface area contributed by atoms with Gasteiger partial charge in [0.15, 0.2) is 0 Å². The van der Waals surface area contributed by atoms with E-state index >= 15 is 0 Å². The number of anilines is 1. The number of pyridine rings is 1. The lowest BCUT2D eigenvalue weighted by Gasteiger charge is -2.24. The van der Waals surface area contributed by atoms with Gasteiger partial charge < -0.3 is 5.73 Å². The smallest absolute Gasteiger partial charge is 0.0397 e. The molecule has 0 bridgehead atoms. The summed E-state index contributed by atoms with van der Waals surface area (Å²) in [6, 6.07) is 14.5. The molecule has 0 spiro atoms. The Bertz CT molecular complexity index is 793. The van der Waals surface area contributed by atoms with Gasteiger partial charge in [0, 0.05) is 34.6 Å². The van der Waals surface area contributed by atoms with Gasteiger partial charge in [-0.25, -0.2) is 0 Å². The zero-order valence-electron chi connectivity index (χ0n) is 12.7.